The molecule has 3 heterocycles. The molecule has 2 aromatic heterocycles. The predicted octanol–water partition coefficient (Wildman–Crippen LogP) is 1.29. The Kier molecular flexibility index (Phi) is 6.31. The van der Waals surface area contributed by atoms with Gasteiger partial charge in [0, 0.05) is 38.9 Å². The number of hydrogen-bond donors (Lipinski definition) is 1. The Morgan fingerprint density at radius 1 is 1.16 bits per heavy atom. The van der Waals surface area contributed by atoms with E-state index in [2.05, 4.69) is 20.0 Å². The number of aliphatic hydroxyl groups excluding tert-OH is 1. The first-order chi connectivity index (χ1) is 15.1. The molecule has 1 aliphatic heterocycles. The van der Waals surface area contributed by atoms with Gasteiger partial charge in [0.1, 0.15) is 12.1 Å². The van der Waals surface area contributed by atoms with Gasteiger partial charge in [-0.1, -0.05) is 25.1 Å². The van der Waals surface area contributed by atoms with Gasteiger partial charge in [0.25, 0.3) is 0 Å². The second-order valence-electron chi connectivity index (χ2n) is 7.78. The van der Waals surface area contributed by atoms with Gasteiger partial charge in [-0.3, -0.25) is 9.48 Å². The number of nitrogens with zero attached hydrogens (tertiary/aromatic N) is 7. The number of rotatable bonds is 7. The lowest BCUT2D eigenvalue weighted by Crippen LogP contribution is -2.53. The van der Waals surface area contributed by atoms with Gasteiger partial charge in [-0.25, -0.2) is 9.97 Å². The smallest absolute Gasteiger partial charge is 0.242 e. The molecule has 31 heavy (non-hydrogen) atoms. The van der Waals surface area contributed by atoms with Crippen LogP contribution >= 0.6 is 0 Å². The van der Waals surface area contributed by atoms with E-state index in [0.717, 1.165) is 29.0 Å². The lowest BCUT2D eigenvalue weighted by molar-refractivity contribution is -0.130. The van der Waals surface area contributed by atoms with E-state index in [9.17, 15) is 9.90 Å². The average molecular weight is 424 g/mol. The van der Waals surface area contributed by atoms with E-state index in [1.165, 1.54) is 0 Å². The van der Waals surface area contributed by atoms with E-state index in [0.29, 0.717) is 26.2 Å². The van der Waals surface area contributed by atoms with Gasteiger partial charge in [-0.05, 0) is 18.6 Å². The summed E-state index contributed by atoms with van der Waals surface area (Å²) < 4.78 is 1.74. The number of anilines is 2. The number of carbonyl (C=O) groups is 1. The van der Waals surface area contributed by atoms with Gasteiger partial charge in [-0.2, -0.15) is 5.10 Å². The summed E-state index contributed by atoms with van der Waals surface area (Å²) in [7, 11) is 1.87. The number of aromatic nitrogens is 4. The Labute approximate surface area is 181 Å². The normalized spacial score (nSPS) is 15.3. The monoisotopic (exact) mass is 423 g/mol. The molecule has 0 bridgehead atoms. The number of fused-ring (bicyclic) bond motifs is 1. The highest BCUT2D eigenvalue weighted by Gasteiger charge is 2.27. The van der Waals surface area contributed by atoms with Crippen molar-refractivity contribution >= 4 is 28.4 Å². The maximum Gasteiger partial charge on any atom is 0.242 e. The van der Waals surface area contributed by atoms with Gasteiger partial charge < -0.3 is 19.8 Å². The van der Waals surface area contributed by atoms with Crippen LogP contribution in [0.1, 0.15) is 13.3 Å². The van der Waals surface area contributed by atoms with E-state index in [4.69, 9.17) is 0 Å². The van der Waals surface area contributed by atoms with E-state index < -0.39 is 0 Å². The zero-order valence-corrected chi connectivity index (χ0v) is 18.1. The van der Waals surface area contributed by atoms with E-state index in [1.807, 2.05) is 54.1 Å². The molecule has 0 radical (unpaired) electrons. The second kappa shape index (κ2) is 9.30. The summed E-state index contributed by atoms with van der Waals surface area (Å²) in [5.74, 6) is 0.937. The molecule has 0 spiro atoms. The number of piperazine rings is 1. The van der Waals surface area contributed by atoms with Crippen LogP contribution in [-0.2, 0) is 11.8 Å². The topological polar surface area (TPSA) is 90.6 Å². The summed E-state index contributed by atoms with van der Waals surface area (Å²) in [6.07, 6.45) is 4.12. The van der Waals surface area contributed by atoms with Gasteiger partial charge in [0.15, 0.2) is 5.65 Å². The number of benzene rings is 1. The lowest BCUT2D eigenvalue weighted by atomic mass is 10.1. The fourth-order valence-electron chi connectivity index (χ4n) is 4.11. The third-order valence-electron chi connectivity index (χ3n) is 5.96. The maximum atomic E-state index is 13.1. The highest BCUT2D eigenvalue weighted by molar-refractivity contribution is 5.87. The molecule has 0 unspecified atom stereocenters. The number of aliphatic hydroxyl groups is 1. The molecule has 1 aliphatic rings. The molecule has 9 nitrogen and oxygen atoms in total. The highest BCUT2D eigenvalue weighted by atomic mass is 16.3. The lowest BCUT2D eigenvalue weighted by Gasteiger charge is -2.38. The van der Waals surface area contributed by atoms with Crippen molar-refractivity contribution < 1.29 is 9.90 Å². The van der Waals surface area contributed by atoms with Crippen LogP contribution in [-0.4, -0.2) is 81.0 Å². The Morgan fingerprint density at radius 3 is 2.58 bits per heavy atom. The first-order valence-electron chi connectivity index (χ1n) is 10.7. The van der Waals surface area contributed by atoms with Crippen LogP contribution in [0, 0.1) is 0 Å². The SMILES string of the molecule is CC[C@@H](CO)N(CC(=O)N1CCN(c2ncnc3c2cnn3C)CC1)c1ccccc1. The summed E-state index contributed by atoms with van der Waals surface area (Å²) >= 11 is 0. The molecule has 4 rings (SSSR count). The van der Waals surface area contributed by atoms with E-state index >= 15 is 0 Å². The molecule has 1 atom stereocenters. The number of carbonyl (C=O) groups excluding carboxylic acids is 1. The van der Waals surface area contributed by atoms with Crippen LogP contribution in [0.5, 0.6) is 0 Å². The minimum absolute atomic E-state index is 0.0152. The number of aryl methyl sites for hydroxylation is 1. The number of amides is 1. The Hall–Kier alpha value is -3.20. The predicted molar refractivity (Wildman–Crippen MR) is 120 cm³/mol. The second-order valence-corrected chi connectivity index (χ2v) is 7.78. The molecule has 1 amide bonds. The van der Waals surface area contributed by atoms with Crippen LogP contribution in [0.25, 0.3) is 11.0 Å². The first kappa shape index (κ1) is 21.0. The van der Waals surface area contributed by atoms with Crippen molar-refractivity contribution in [1.29, 1.82) is 0 Å². The molecule has 1 aromatic carbocycles. The van der Waals surface area contributed by atoms with Crippen LogP contribution in [0.3, 0.4) is 0 Å². The molecular weight excluding hydrogens is 394 g/mol. The Bertz CT molecular complexity index is 1010. The third kappa shape index (κ3) is 4.32. The van der Waals surface area contributed by atoms with Crippen molar-refractivity contribution in [3.8, 4) is 0 Å². The van der Waals surface area contributed by atoms with Crippen LogP contribution in [0.2, 0.25) is 0 Å². The fourth-order valence-corrected chi connectivity index (χ4v) is 4.11. The maximum absolute atomic E-state index is 13.1. The molecule has 3 aromatic rings. The van der Waals surface area contributed by atoms with Crippen LogP contribution < -0.4 is 9.80 Å². The molecule has 1 N–H and O–H groups in total. The van der Waals surface area contributed by atoms with Gasteiger partial charge in [-0.15, -0.1) is 0 Å². The third-order valence-corrected chi connectivity index (χ3v) is 5.96. The standard InChI is InChI=1S/C22H29N7O2/c1-3-17(15-30)29(18-7-5-4-6-8-18)14-20(31)27-9-11-28(12-10-27)22-19-13-25-26(2)21(19)23-16-24-22/h4-8,13,16-17,30H,3,9-12,14-15H2,1-2H3/t17-/m0/s1. The quantitative estimate of drug-likeness (QED) is 0.612. The van der Waals surface area contributed by atoms with Gasteiger partial charge in [0.05, 0.1) is 30.8 Å². The molecule has 0 saturated carbocycles. The molecule has 1 saturated heterocycles. The van der Waals surface area contributed by atoms with Crippen molar-refractivity contribution in [3.63, 3.8) is 0 Å². The first-order valence-corrected chi connectivity index (χ1v) is 10.7. The Balaban J connectivity index is 1.43. The minimum Gasteiger partial charge on any atom is -0.394 e. The summed E-state index contributed by atoms with van der Waals surface area (Å²) in [4.78, 5) is 28.0. The van der Waals surface area contributed by atoms with Crippen LogP contribution in [0.4, 0.5) is 11.5 Å². The van der Waals surface area contributed by atoms with Crippen molar-refractivity contribution in [1.82, 2.24) is 24.6 Å². The summed E-state index contributed by atoms with van der Waals surface area (Å²) in [6.45, 7) is 4.96. The highest BCUT2D eigenvalue weighted by Crippen LogP contribution is 2.24. The van der Waals surface area contributed by atoms with Crippen molar-refractivity contribution in [2.75, 3.05) is 49.1 Å². The number of hydrogen-bond acceptors (Lipinski definition) is 7. The summed E-state index contributed by atoms with van der Waals surface area (Å²) in [6, 6.07) is 9.74. The molecule has 164 valence electrons. The van der Waals surface area contributed by atoms with Crippen molar-refractivity contribution in [2.45, 2.75) is 19.4 Å². The number of para-hydroxylation sites is 1. The average Bonchev–Trinajstić information content (AvgIpc) is 3.20. The molecule has 1 fully saturated rings. The van der Waals surface area contributed by atoms with Gasteiger partial charge in [0.2, 0.25) is 5.91 Å². The van der Waals surface area contributed by atoms with Gasteiger partial charge >= 0.3 is 0 Å². The van der Waals surface area contributed by atoms with E-state index in [-0.39, 0.29) is 25.1 Å². The van der Waals surface area contributed by atoms with Crippen molar-refractivity contribution in [3.05, 3.63) is 42.9 Å². The zero-order chi connectivity index (χ0) is 21.8. The summed E-state index contributed by atoms with van der Waals surface area (Å²) in [5, 5.41) is 15.0. The largest absolute Gasteiger partial charge is 0.394 e. The molecule has 0 aliphatic carbocycles. The Morgan fingerprint density at radius 2 is 1.90 bits per heavy atom. The fraction of sp³-hybridized carbons (Fsp3) is 0.455. The van der Waals surface area contributed by atoms with Crippen molar-refractivity contribution in [2.24, 2.45) is 7.05 Å². The zero-order valence-electron chi connectivity index (χ0n) is 18.1. The van der Waals surface area contributed by atoms with E-state index in [1.54, 1.807) is 17.2 Å². The summed E-state index contributed by atoms with van der Waals surface area (Å²) in [5.41, 5.74) is 1.76. The van der Waals surface area contributed by atoms with Crippen LogP contribution in [0.15, 0.2) is 42.9 Å². The minimum atomic E-state index is -0.0903. The molecule has 9 heteroatoms. The molecular formula is C22H29N7O2.